The van der Waals surface area contributed by atoms with Gasteiger partial charge in [0.2, 0.25) is 5.91 Å². The summed E-state index contributed by atoms with van der Waals surface area (Å²) in [5, 5.41) is 5.15. The monoisotopic (exact) mass is 404 g/mol. The maximum absolute atomic E-state index is 12.2. The van der Waals surface area contributed by atoms with Crippen LogP contribution in [-0.4, -0.2) is 39.1 Å². The summed E-state index contributed by atoms with van der Waals surface area (Å²) in [6.45, 7) is 2.49. The molecule has 148 valence electrons. The molecule has 2 amide bonds. The number of ether oxygens (including phenoxy) is 1. The van der Waals surface area contributed by atoms with Crippen LogP contribution in [0.15, 0.2) is 47.4 Å². The first kappa shape index (κ1) is 21.1. The number of nitrogens with one attached hydrogen (secondary N) is 2. The molecule has 2 aromatic carbocycles. The Labute approximate surface area is 162 Å². The van der Waals surface area contributed by atoms with Crippen molar-refractivity contribution in [2.45, 2.75) is 18.7 Å². The second-order valence-electron chi connectivity index (χ2n) is 6.13. The zero-order chi connectivity index (χ0) is 20.9. The molecule has 0 aliphatic carbocycles. The van der Waals surface area contributed by atoms with Crippen molar-refractivity contribution in [1.29, 1.82) is 0 Å². The van der Waals surface area contributed by atoms with Crippen LogP contribution in [-0.2, 0) is 24.2 Å². The van der Waals surface area contributed by atoms with Crippen molar-refractivity contribution in [2.24, 2.45) is 0 Å². The highest BCUT2D eigenvalue weighted by Crippen LogP contribution is 2.17. The molecular weight excluding hydrogens is 384 g/mol. The van der Waals surface area contributed by atoms with Crippen LogP contribution in [0.5, 0.6) is 0 Å². The average Bonchev–Trinajstić information content (AvgIpc) is 2.60. The van der Waals surface area contributed by atoms with Crippen LogP contribution in [0.4, 0.5) is 11.4 Å². The van der Waals surface area contributed by atoms with Crippen molar-refractivity contribution in [3.05, 3.63) is 53.6 Å². The Morgan fingerprint density at radius 3 is 2.07 bits per heavy atom. The first-order valence-electron chi connectivity index (χ1n) is 8.21. The highest BCUT2D eigenvalue weighted by molar-refractivity contribution is 7.90. The minimum Gasteiger partial charge on any atom is -0.452 e. The van der Waals surface area contributed by atoms with E-state index < -0.39 is 28.3 Å². The number of sulfone groups is 1. The van der Waals surface area contributed by atoms with Gasteiger partial charge in [0.1, 0.15) is 0 Å². The lowest BCUT2D eigenvalue weighted by Gasteiger charge is -2.10. The minimum atomic E-state index is -3.47. The fraction of sp³-hybridized carbons (Fsp3) is 0.211. The van der Waals surface area contributed by atoms with Crippen molar-refractivity contribution in [2.75, 3.05) is 23.5 Å². The number of hydrogen-bond donors (Lipinski definition) is 2. The van der Waals surface area contributed by atoms with Crippen molar-refractivity contribution in [3.63, 3.8) is 0 Å². The van der Waals surface area contributed by atoms with Gasteiger partial charge in [0.25, 0.3) is 5.91 Å². The first-order chi connectivity index (χ1) is 13.1. The number of amides is 2. The third-order valence-electron chi connectivity index (χ3n) is 3.68. The molecule has 2 aromatic rings. The summed E-state index contributed by atoms with van der Waals surface area (Å²) < 4.78 is 28.2. The molecule has 0 radical (unpaired) electrons. The van der Waals surface area contributed by atoms with Crippen LogP contribution in [0.2, 0.25) is 0 Å². The third-order valence-corrected chi connectivity index (χ3v) is 4.79. The quantitative estimate of drug-likeness (QED) is 0.712. The summed E-state index contributed by atoms with van der Waals surface area (Å²) in [4.78, 5) is 35.2. The molecule has 0 unspecified atom stereocenters. The first-order valence-corrected chi connectivity index (χ1v) is 10.1. The maximum atomic E-state index is 12.2. The zero-order valence-electron chi connectivity index (χ0n) is 15.6. The highest BCUT2D eigenvalue weighted by Gasteiger charge is 2.16. The predicted octanol–water partition coefficient (Wildman–Crippen LogP) is 2.15. The lowest BCUT2D eigenvalue weighted by atomic mass is 10.1. The van der Waals surface area contributed by atoms with Crippen LogP contribution in [0.25, 0.3) is 0 Å². The zero-order valence-corrected chi connectivity index (χ0v) is 16.4. The number of carbonyl (C=O) groups excluding carboxylic acids is 3. The Morgan fingerprint density at radius 2 is 1.54 bits per heavy atom. The van der Waals surface area contributed by atoms with Gasteiger partial charge < -0.3 is 15.4 Å². The van der Waals surface area contributed by atoms with Crippen molar-refractivity contribution < 1.29 is 27.5 Å². The smallest absolute Gasteiger partial charge is 0.338 e. The van der Waals surface area contributed by atoms with Gasteiger partial charge in [-0.3, -0.25) is 9.59 Å². The number of rotatable bonds is 6. The van der Waals surface area contributed by atoms with E-state index in [1.807, 2.05) is 0 Å². The van der Waals surface area contributed by atoms with E-state index >= 15 is 0 Å². The summed E-state index contributed by atoms with van der Waals surface area (Å²) in [6, 6.07) is 10.5. The lowest BCUT2D eigenvalue weighted by Crippen LogP contribution is -2.21. The fourth-order valence-electron chi connectivity index (χ4n) is 2.30. The number of aryl methyl sites for hydroxylation is 1. The van der Waals surface area contributed by atoms with Gasteiger partial charge >= 0.3 is 5.97 Å². The molecule has 8 nitrogen and oxygen atoms in total. The van der Waals surface area contributed by atoms with E-state index in [1.165, 1.54) is 25.1 Å². The molecule has 0 aromatic heterocycles. The predicted molar refractivity (Wildman–Crippen MR) is 104 cm³/mol. The molecule has 2 rings (SSSR count). The van der Waals surface area contributed by atoms with Gasteiger partial charge in [-0.05, 0) is 48.9 Å². The standard InChI is InChI=1S/C19H20N2O6S/c1-12-4-9-16(28(3,25)26)10-17(12)19(24)27-11-18(23)21-15-7-5-14(6-8-15)20-13(2)22/h4-10H,11H2,1-3H3,(H,20,22)(H,21,23). The van der Waals surface area contributed by atoms with E-state index in [-0.39, 0.29) is 16.4 Å². The van der Waals surface area contributed by atoms with Crippen LogP contribution in [0.1, 0.15) is 22.8 Å². The van der Waals surface area contributed by atoms with Gasteiger partial charge in [0.15, 0.2) is 16.4 Å². The lowest BCUT2D eigenvalue weighted by molar-refractivity contribution is -0.119. The minimum absolute atomic E-state index is 0.00578. The number of benzene rings is 2. The Morgan fingerprint density at radius 1 is 0.964 bits per heavy atom. The molecule has 0 saturated carbocycles. The largest absolute Gasteiger partial charge is 0.452 e. The molecule has 28 heavy (non-hydrogen) atoms. The second kappa shape index (κ2) is 8.66. The Bertz CT molecular complexity index is 1010. The van der Waals surface area contributed by atoms with Crippen LogP contribution >= 0.6 is 0 Å². The van der Waals surface area contributed by atoms with Crippen molar-refractivity contribution in [1.82, 2.24) is 0 Å². The Kier molecular flexibility index (Phi) is 6.53. The summed E-state index contributed by atoms with van der Waals surface area (Å²) in [7, 11) is -3.47. The van der Waals surface area contributed by atoms with E-state index in [9.17, 15) is 22.8 Å². The van der Waals surface area contributed by atoms with E-state index in [0.29, 0.717) is 16.9 Å². The van der Waals surface area contributed by atoms with Gasteiger partial charge in [-0.15, -0.1) is 0 Å². The molecule has 0 fully saturated rings. The Balaban J connectivity index is 1.97. The van der Waals surface area contributed by atoms with Crippen LogP contribution in [0.3, 0.4) is 0 Å². The topological polar surface area (TPSA) is 119 Å². The molecule has 0 atom stereocenters. The maximum Gasteiger partial charge on any atom is 0.338 e. The summed E-state index contributed by atoms with van der Waals surface area (Å²) in [6.07, 6.45) is 1.04. The molecule has 0 spiro atoms. The van der Waals surface area contributed by atoms with Gasteiger partial charge in [0, 0.05) is 24.6 Å². The molecule has 9 heteroatoms. The number of esters is 1. The van der Waals surface area contributed by atoms with Crippen molar-refractivity contribution in [3.8, 4) is 0 Å². The van der Waals surface area contributed by atoms with Gasteiger partial charge in [-0.25, -0.2) is 13.2 Å². The normalized spacial score (nSPS) is 10.8. The molecule has 0 heterocycles. The molecular formula is C19H20N2O6S. The van der Waals surface area contributed by atoms with E-state index in [0.717, 1.165) is 6.26 Å². The number of anilines is 2. The summed E-state index contributed by atoms with van der Waals surface area (Å²) >= 11 is 0. The van der Waals surface area contributed by atoms with E-state index in [1.54, 1.807) is 31.2 Å². The molecule has 2 N–H and O–H groups in total. The molecule has 0 aliphatic heterocycles. The molecule has 0 bridgehead atoms. The highest BCUT2D eigenvalue weighted by atomic mass is 32.2. The van der Waals surface area contributed by atoms with Gasteiger partial charge in [-0.2, -0.15) is 0 Å². The summed E-state index contributed by atoms with van der Waals surface area (Å²) in [5.74, 6) is -1.56. The van der Waals surface area contributed by atoms with Crippen LogP contribution in [0, 0.1) is 6.92 Å². The number of carbonyl (C=O) groups is 3. The van der Waals surface area contributed by atoms with Crippen molar-refractivity contribution >= 4 is 39.0 Å². The van der Waals surface area contributed by atoms with E-state index in [2.05, 4.69) is 10.6 Å². The second-order valence-corrected chi connectivity index (χ2v) is 8.15. The SMILES string of the molecule is CC(=O)Nc1ccc(NC(=O)COC(=O)c2cc(S(C)(=O)=O)ccc2C)cc1. The van der Waals surface area contributed by atoms with Gasteiger partial charge in [-0.1, -0.05) is 6.07 Å². The van der Waals surface area contributed by atoms with Gasteiger partial charge in [0.05, 0.1) is 10.5 Å². The Hall–Kier alpha value is -3.20. The fourth-order valence-corrected chi connectivity index (χ4v) is 2.94. The third kappa shape index (κ3) is 5.92. The average molecular weight is 404 g/mol. The summed E-state index contributed by atoms with van der Waals surface area (Å²) in [5.41, 5.74) is 1.66. The molecule has 0 saturated heterocycles. The number of hydrogen-bond acceptors (Lipinski definition) is 6. The van der Waals surface area contributed by atoms with E-state index in [4.69, 9.17) is 4.74 Å². The van der Waals surface area contributed by atoms with Crippen LogP contribution < -0.4 is 10.6 Å². The molecule has 0 aliphatic rings.